The molecule has 0 bridgehead atoms. The monoisotopic (exact) mass is 262 g/mol. The van der Waals surface area contributed by atoms with Crippen molar-refractivity contribution in [3.63, 3.8) is 0 Å². The lowest BCUT2D eigenvalue weighted by Crippen LogP contribution is -2.48. The summed E-state index contributed by atoms with van der Waals surface area (Å²) in [5.41, 5.74) is 1.30. The van der Waals surface area contributed by atoms with Crippen LogP contribution in [0.25, 0.3) is 0 Å². The Bertz CT molecular complexity index is 443. The second-order valence-electron chi connectivity index (χ2n) is 6.33. The van der Waals surface area contributed by atoms with Crippen LogP contribution in [0.2, 0.25) is 0 Å². The van der Waals surface area contributed by atoms with Crippen LogP contribution < -0.4 is 5.32 Å². The molecule has 1 aliphatic carbocycles. The highest BCUT2D eigenvalue weighted by Gasteiger charge is 2.39. The number of nitrogens with zero attached hydrogens (tertiary/aromatic N) is 3. The molecule has 1 spiro atoms. The Kier molecular flexibility index (Phi) is 2.84. The maximum absolute atomic E-state index is 6.12. The molecule has 2 aliphatic heterocycles. The lowest BCUT2D eigenvalue weighted by molar-refractivity contribution is -0.112. The fourth-order valence-electron chi connectivity index (χ4n) is 3.49. The van der Waals surface area contributed by atoms with E-state index in [1.807, 2.05) is 0 Å². The molecule has 104 valence electrons. The highest BCUT2D eigenvalue weighted by atomic mass is 16.5. The Morgan fingerprint density at radius 2 is 2.11 bits per heavy atom. The summed E-state index contributed by atoms with van der Waals surface area (Å²) in [7, 11) is 0. The normalized spacial score (nSPS) is 30.6. The van der Waals surface area contributed by atoms with Crippen molar-refractivity contribution in [2.75, 3.05) is 19.7 Å². The van der Waals surface area contributed by atoms with Gasteiger partial charge in [-0.25, -0.2) is 4.68 Å². The predicted octanol–water partition coefficient (Wildman–Crippen LogP) is 1.63. The van der Waals surface area contributed by atoms with Gasteiger partial charge in [-0.15, -0.1) is 5.10 Å². The molecule has 1 unspecified atom stereocenters. The second kappa shape index (κ2) is 4.56. The molecule has 1 atom stereocenters. The van der Waals surface area contributed by atoms with Gasteiger partial charge < -0.3 is 10.1 Å². The van der Waals surface area contributed by atoms with Crippen LogP contribution in [-0.2, 0) is 4.74 Å². The lowest BCUT2D eigenvalue weighted by atomic mass is 9.83. The van der Waals surface area contributed by atoms with Gasteiger partial charge in [-0.2, -0.15) is 0 Å². The minimum absolute atomic E-state index is 0.0971. The maximum atomic E-state index is 6.12. The largest absolute Gasteiger partial charge is 0.375 e. The van der Waals surface area contributed by atoms with E-state index in [-0.39, 0.29) is 5.60 Å². The lowest BCUT2D eigenvalue weighted by Gasteiger charge is -2.43. The fourth-order valence-corrected chi connectivity index (χ4v) is 3.49. The van der Waals surface area contributed by atoms with Gasteiger partial charge in [0.25, 0.3) is 0 Å². The molecule has 5 heteroatoms. The van der Waals surface area contributed by atoms with E-state index in [1.165, 1.54) is 18.5 Å². The molecule has 0 aromatic carbocycles. The molecule has 5 nitrogen and oxygen atoms in total. The van der Waals surface area contributed by atoms with Gasteiger partial charge >= 0.3 is 0 Å². The van der Waals surface area contributed by atoms with Crippen LogP contribution in [0, 0.1) is 0 Å². The van der Waals surface area contributed by atoms with E-state index >= 15 is 0 Å². The average molecular weight is 262 g/mol. The third-order valence-corrected chi connectivity index (χ3v) is 4.88. The Balaban J connectivity index is 1.50. The first-order valence-corrected chi connectivity index (χ1v) is 7.61. The minimum atomic E-state index is 0.0971. The second-order valence-corrected chi connectivity index (χ2v) is 6.33. The highest BCUT2D eigenvalue weighted by molar-refractivity contribution is 5.09. The third-order valence-electron chi connectivity index (χ3n) is 4.88. The summed E-state index contributed by atoms with van der Waals surface area (Å²) in [5.74, 6) is 0.696. The molecule has 1 N–H and O–H groups in total. The van der Waals surface area contributed by atoms with Gasteiger partial charge in [0.1, 0.15) is 0 Å². The first-order valence-electron chi connectivity index (χ1n) is 7.61. The van der Waals surface area contributed by atoms with Crippen molar-refractivity contribution in [2.24, 2.45) is 0 Å². The zero-order valence-corrected chi connectivity index (χ0v) is 11.3. The summed E-state index contributed by atoms with van der Waals surface area (Å²) < 4.78 is 8.23. The zero-order valence-electron chi connectivity index (χ0n) is 11.3. The van der Waals surface area contributed by atoms with Crippen LogP contribution in [0.4, 0.5) is 0 Å². The van der Waals surface area contributed by atoms with E-state index in [9.17, 15) is 0 Å². The van der Waals surface area contributed by atoms with Crippen LogP contribution >= 0.6 is 0 Å². The number of nitrogens with one attached hydrogen (secondary N) is 1. The molecule has 4 rings (SSSR count). The summed E-state index contributed by atoms with van der Waals surface area (Å²) in [4.78, 5) is 0. The average Bonchev–Trinajstić information content (AvgIpc) is 3.17. The van der Waals surface area contributed by atoms with Crippen molar-refractivity contribution >= 4 is 0 Å². The summed E-state index contributed by atoms with van der Waals surface area (Å²) >= 11 is 0. The Morgan fingerprint density at radius 3 is 2.89 bits per heavy atom. The quantitative estimate of drug-likeness (QED) is 0.880. The van der Waals surface area contributed by atoms with Crippen LogP contribution in [0.1, 0.15) is 56.2 Å². The molecule has 3 heterocycles. The molecular formula is C14H22N4O. The summed E-state index contributed by atoms with van der Waals surface area (Å²) in [5, 5.41) is 12.1. The van der Waals surface area contributed by atoms with Crippen LogP contribution in [0.15, 0.2) is 6.20 Å². The van der Waals surface area contributed by atoms with Crippen LogP contribution in [-0.4, -0.2) is 40.3 Å². The molecule has 19 heavy (non-hydrogen) atoms. The van der Waals surface area contributed by atoms with Gasteiger partial charge in [0, 0.05) is 18.7 Å². The minimum Gasteiger partial charge on any atom is -0.375 e. The molecule has 1 aromatic rings. The Morgan fingerprint density at radius 1 is 1.26 bits per heavy atom. The van der Waals surface area contributed by atoms with E-state index in [0.717, 1.165) is 45.4 Å². The van der Waals surface area contributed by atoms with Gasteiger partial charge in [-0.1, -0.05) is 5.21 Å². The summed E-state index contributed by atoms with van der Waals surface area (Å²) in [6.45, 7) is 3.03. The van der Waals surface area contributed by atoms with E-state index in [0.29, 0.717) is 12.0 Å². The molecule has 3 aliphatic rings. The number of piperidine rings is 1. The number of ether oxygens (including phenoxy) is 1. The molecule has 1 aromatic heterocycles. The highest BCUT2D eigenvalue weighted by Crippen LogP contribution is 2.41. The third kappa shape index (κ3) is 2.30. The first kappa shape index (κ1) is 11.9. The SMILES string of the molecule is c1c(C2CC2)nnn1C1CCOC2(CCNCC2)C1. The van der Waals surface area contributed by atoms with E-state index in [1.54, 1.807) is 0 Å². The van der Waals surface area contributed by atoms with Gasteiger partial charge in [-0.3, -0.25) is 0 Å². The maximum Gasteiger partial charge on any atom is 0.0858 e. The molecule has 3 fully saturated rings. The van der Waals surface area contributed by atoms with Gasteiger partial charge in [0.05, 0.1) is 17.3 Å². The molecule has 1 saturated carbocycles. The standard InChI is InChI=1S/C14H22N4O/c1-2-11(1)13-10-18(17-16-13)12-3-8-19-14(9-12)4-6-15-7-5-14/h10-12,15H,1-9H2. The van der Waals surface area contributed by atoms with E-state index in [2.05, 4.69) is 26.5 Å². The summed E-state index contributed by atoms with van der Waals surface area (Å²) in [6, 6.07) is 0.479. The number of hydrogen-bond donors (Lipinski definition) is 1. The zero-order chi connectivity index (χ0) is 12.7. The molecule has 0 amide bonds. The first-order chi connectivity index (χ1) is 9.35. The van der Waals surface area contributed by atoms with Gasteiger partial charge in [0.2, 0.25) is 0 Å². The van der Waals surface area contributed by atoms with Crippen molar-refractivity contribution < 1.29 is 4.74 Å². The van der Waals surface area contributed by atoms with Crippen molar-refractivity contribution in [2.45, 2.75) is 56.1 Å². The smallest absolute Gasteiger partial charge is 0.0858 e. The number of rotatable bonds is 2. The number of aromatic nitrogens is 3. The number of hydrogen-bond acceptors (Lipinski definition) is 4. The topological polar surface area (TPSA) is 52.0 Å². The van der Waals surface area contributed by atoms with Crippen molar-refractivity contribution in [3.8, 4) is 0 Å². The molecular weight excluding hydrogens is 240 g/mol. The van der Waals surface area contributed by atoms with Gasteiger partial charge in [0.15, 0.2) is 0 Å². The van der Waals surface area contributed by atoms with E-state index in [4.69, 9.17) is 4.74 Å². The predicted molar refractivity (Wildman–Crippen MR) is 71.1 cm³/mol. The Hall–Kier alpha value is -0.940. The van der Waals surface area contributed by atoms with Gasteiger partial charge in [-0.05, 0) is 51.6 Å². The van der Waals surface area contributed by atoms with Crippen molar-refractivity contribution in [1.29, 1.82) is 0 Å². The van der Waals surface area contributed by atoms with Crippen LogP contribution in [0.3, 0.4) is 0 Å². The van der Waals surface area contributed by atoms with Crippen molar-refractivity contribution in [1.82, 2.24) is 20.3 Å². The Labute approximate surface area is 113 Å². The van der Waals surface area contributed by atoms with Crippen LogP contribution in [0.5, 0.6) is 0 Å². The van der Waals surface area contributed by atoms with Crippen molar-refractivity contribution in [3.05, 3.63) is 11.9 Å². The van der Waals surface area contributed by atoms with E-state index < -0.39 is 0 Å². The molecule has 0 radical (unpaired) electrons. The molecule has 2 saturated heterocycles. The summed E-state index contributed by atoms with van der Waals surface area (Å²) in [6.07, 6.45) is 9.21. The fraction of sp³-hybridized carbons (Fsp3) is 0.857.